The smallest absolute Gasteiger partial charge is 0.138 e. The third kappa shape index (κ3) is 5.77. The first-order valence-corrected chi connectivity index (χ1v) is 21.0. The molecule has 0 amide bonds. The Morgan fingerprint density at radius 2 is 0.677 bits per heavy atom. The van der Waals surface area contributed by atoms with Crippen LogP contribution in [0.4, 0.5) is 42.9 Å². The molecule has 2 aromatic heterocycles. The summed E-state index contributed by atoms with van der Waals surface area (Å²) in [5.41, 5.74) is 15.6. The number of nitrogens with zero attached hydrogens (tertiary/aromatic N) is 2. The van der Waals surface area contributed by atoms with E-state index in [-0.39, 0.29) is 11.6 Å². The van der Waals surface area contributed by atoms with Gasteiger partial charge in [-0.25, -0.2) is 8.78 Å². The lowest BCUT2D eigenvalue weighted by atomic mass is 9.96. The highest BCUT2D eigenvalue weighted by Crippen LogP contribution is 2.50. The molecule has 4 nitrogen and oxygen atoms in total. The normalized spacial score (nSPS) is 11.9. The average Bonchev–Trinajstić information content (AvgIpc) is 3.84. The molecule has 302 valence electrons. The number of aryl methyl sites for hydroxylation is 4. The number of furan rings is 2. The first kappa shape index (κ1) is 37.6. The van der Waals surface area contributed by atoms with Gasteiger partial charge in [-0.2, -0.15) is 0 Å². The number of rotatable bonds is 6. The molecule has 2 heterocycles. The Kier molecular flexibility index (Phi) is 8.52. The summed E-state index contributed by atoms with van der Waals surface area (Å²) in [6.07, 6.45) is 0. The molecular weight excluding hydrogens is 771 g/mol. The van der Waals surface area contributed by atoms with E-state index in [1.165, 1.54) is 57.6 Å². The van der Waals surface area contributed by atoms with E-state index in [0.29, 0.717) is 0 Å². The molecule has 0 unspecified atom stereocenters. The van der Waals surface area contributed by atoms with E-state index in [1.54, 1.807) is 0 Å². The largest absolute Gasteiger partial charge is 0.456 e. The number of benzene rings is 9. The SMILES string of the molecule is Cc1cc(N(c2ccc(F)cc2)c2cc3oc4ccc5oc6cc(N(c7ccc(F)cc7)c7cc(C)c(C)c(C)c7)c7ccccc7c6c5c4c3c3ccccc23)cc(C)c1C. The van der Waals surface area contributed by atoms with Crippen molar-refractivity contribution in [2.24, 2.45) is 0 Å². The van der Waals surface area contributed by atoms with Crippen LogP contribution in [0, 0.1) is 53.2 Å². The van der Waals surface area contributed by atoms with Gasteiger partial charge in [0.25, 0.3) is 0 Å². The fourth-order valence-corrected chi connectivity index (χ4v) is 9.50. The molecule has 0 saturated carbocycles. The lowest BCUT2D eigenvalue weighted by molar-refractivity contribution is 0.627. The summed E-state index contributed by atoms with van der Waals surface area (Å²) >= 11 is 0. The van der Waals surface area contributed by atoms with Gasteiger partial charge in [0.2, 0.25) is 0 Å². The minimum atomic E-state index is -0.290. The predicted octanol–water partition coefficient (Wildman–Crippen LogP) is 16.9. The van der Waals surface area contributed by atoms with E-state index in [0.717, 1.165) is 99.5 Å². The van der Waals surface area contributed by atoms with Crippen LogP contribution in [-0.2, 0) is 0 Å². The molecule has 11 rings (SSSR count). The van der Waals surface area contributed by atoms with Crippen LogP contribution in [0.15, 0.2) is 154 Å². The molecule has 0 fully saturated rings. The molecule has 62 heavy (non-hydrogen) atoms. The number of hydrogen-bond donors (Lipinski definition) is 0. The molecule has 0 aliphatic heterocycles. The summed E-state index contributed by atoms with van der Waals surface area (Å²) < 4.78 is 42.7. The lowest BCUT2D eigenvalue weighted by Gasteiger charge is -2.28. The van der Waals surface area contributed by atoms with Crippen LogP contribution < -0.4 is 9.80 Å². The molecule has 11 aromatic rings. The van der Waals surface area contributed by atoms with E-state index in [2.05, 4.69) is 136 Å². The van der Waals surface area contributed by atoms with Gasteiger partial charge in [-0.15, -0.1) is 0 Å². The van der Waals surface area contributed by atoms with E-state index in [4.69, 9.17) is 8.83 Å². The van der Waals surface area contributed by atoms with Crippen molar-refractivity contribution in [1.82, 2.24) is 0 Å². The average molecular weight is 813 g/mol. The number of halogens is 2. The van der Waals surface area contributed by atoms with Gasteiger partial charge in [0.05, 0.1) is 11.4 Å². The van der Waals surface area contributed by atoms with E-state index < -0.39 is 0 Å². The molecule has 0 saturated heterocycles. The quantitative estimate of drug-likeness (QED) is 0.167. The van der Waals surface area contributed by atoms with Crippen LogP contribution in [0.1, 0.15) is 33.4 Å². The van der Waals surface area contributed by atoms with E-state index in [9.17, 15) is 8.78 Å². The fraction of sp³-hybridized carbons (Fsp3) is 0.107. The Morgan fingerprint density at radius 1 is 0.339 bits per heavy atom. The first-order chi connectivity index (χ1) is 30.0. The summed E-state index contributed by atoms with van der Waals surface area (Å²) in [6.45, 7) is 12.8. The molecule has 6 heteroatoms. The van der Waals surface area contributed by atoms with Crippen molar-refractivity contribution < 1.29 is 17.6 Å². The van der Waals surface area contributed by atoms with Crippen molar-refractivity contribution >= 4 is 99.5 Å². The van der Waals surface area contributed by atoms with Crippen molar-refractivity contribution in [2.45, 2.75) is 41.5 Å². The number of anilines is 6. The summed E-state index contributed by atoms with van der Waals surface area (Å²) in [7, 11) is 0. The van der Waals surface area contributed by atoms with Crippen molar-refractivity contribution in [3.8, 4) is 0 Å². The third-order valence-corrected chi connectivity index (χ3v) is 13.0. The van der Waals surface area contributed by atoms with Crippen LogP contribution in [0.5, 0.6) is 0 Å². The zero-order valence-corrected chi connectivity index (χ0v) is 35.3. The van der Waals surface area contributed by atoms with Gasteiger partial charge in [-0.3, -0.25) is 0 Å². The second kappa shape index (κ2) is 14.1. The maximum absolute atomic E-state index is 14.4. The predicted molar refractivity (Wildman–Crippen MR) is 254 cm³/mol. The second-order valence-corrected chi connectivity index (χ2v) is 16.7. The zero-order valence-electron chi connectivity index (χ0n) is 35.3. The molecule has 0 spiro atoms. The second-order valence-electron chi connectivity index (χ2n) is 16.7. The highest BCUT2D eigenvalue weighted by atomic mass is 19.1. The number of hydrogen-bond acceptors (Lipinski definition) is 4. The van der Waals surface area contributed by atoms with Crippen molar-refractivity contribution in [1.29, 1.82) is 0 Å². The summed E-state index contributed by atoms with van der Waals surface area (Å²) in [4.78, 5) is 4.41. The summed E-state index contributed by atoms with van der Waals surface area (Å²) in [5.74, 6) is -0.580. The Hall–Kier alpha value is -7.44. The summed E-state index contributed by atoms with van der Waals surface area (Å²) in [6, 6.07) is 47.3. The highest BCUT2D eigenvalue weighted by molar-refractivity contribution is 6.35. The van der Waals surface area contributed by atoms with E-state index in [1.807, 2.05) is 36.4 Å². The van der Waals surface area contributed by atoms with Gasteiger partial charge in [0, 0.05) is 67.2 Å². The van der Waals surface area contributed by atoms with Crippen molar-refractivity contribution in [3.05, 3.63) is 191 Å². The zero-order chi connectivity index (χ0) is 42.6. The van der Waals surface area contributed by atoms with Crippen LogP contribution in [0.25, 0.3) is 65.4 Å². The van der Waals surface area contributed by atoms with Gasteiger partial charge < -0.3 is 18.6 Å². The lowest BCUT2D eigenvalue weighted by Crippen LogP contribution is -2.11. The third-order valence-electron chi connectivity index (χ3n) is 13.0. The Bertz CT molecular complexity index is 3330. The van der Waals surface area contributed by atoms with E-state index >= 15 is 0 Å². The monoisotopic (exact) mass is 812 g/mol. The van der Waals surface area contributed by atoms with Crippen LogP contribution in [0.2, 0.25) is 0 Å². The Labute approximate surface area is 357 Å². The number of fused-ring (bicyclic) bond motifs is 11. The molecule has 0 aliphatic carbocycles. The van der Waals surface area contributed by atoms with Crippen molar-refractivity contribution in [3.63, 3.8) is 0 Å². The fourth-order valence-electron chi connectivity index (χ4n) is 9.50. The molecule has 9 aromatic carbocycles. The topological polar surface area (TPSA) is 32.8 Å². The molecule has 0 bridgehead atoms. The standard InChI is InChI=1S/C56H42F2N2O2/c1-31-25-41(26-32(2)35(31)5)59(39-19-15-37(57)16-20-39)47-29-51-53(45-13-9-7-11-43(45)47)55-49(61-51)23-24-50-56(55)54-46-14-10-8-12-44(46)48(30-52(54)62-50)60(40-21-17-38(58)18-22-40)42-27-33(3)36(6)34(4)28-42/h7-30H,1-6H3. The van der Waals surface area contributed by atoms with Gasteiger partial charge in [-0.1, -0.05) is 48.5 Å². The molecule has 0 aliphatic rings. The van der Waals surface area contributed by atoms with Crippen LogP contribution in [0.3, 0.4) is 0 Å². The Balaban J connectivity index is 1.21. The molecule has 0 atom stereocenters. The molecular formula is C56H42F2N2O2. The van der Waals surface area contributed by atoms with Gasteiger partial charge in [0.1, 0.15) is 34.0 Å². The molecule has 0 N–H and O–H groups in total. The van der Waals surface area contributed by atoms with Crippen LogP contribution in [-0.4, -0.2) is 0 Å². The highest BCUT2D eigenvalue weighted by Gasteiger charge is 2.26. The van der Waals surface area contributed by atoms with Crippen LogP contribution >= 0.6 is 0 Å². The van der Waals surface area contributed by atoms with Gasteiger partial charge >= 0.3 is 0 Å². The van der Waals surface area contributed by atoms with Gasteiger partial charge in [0.15, 0.2) is 0 Å². The van der Waals surface area contributed by atoms with Gasteiger partial charge in [-0.05, 0) is 171 Å². The maximum atomic E-state index is 14.4. The first-order valence-electron chi connectivity index (χ1n) is 21.0. The van der Waals surface area contributed by atoms with Crippen molar-refractivity contribution in [2.75, 3.05) is 9.80 Å². The minimum absolute atomic E-state index is 0.290. The Morgan fingerprint density at radius 3 is 1.03 bits per heavy atom. The maximum Gasteiger partial charge on any atom is 0.138 e. The minimum Gasteiger partial charge on any atom is -0.456 e. The summed E-state index contributed by atoms with van der Waals surface area (Å²) in [5, 5.41) is 8.06. The molecule has 0 radical (unpaired) electrons.